The maximum atomic E-state index is 13.2. The SMILES string of the molecule is O=C(CCn1cnc2sc3c(c2c1=O)CCCC3)Nc1ccc(F)c(Cl)c1. The monoisotopic (exact) mass is 405 g/mol. The Morgan fingerprint density at radius 3 is 2.96 bits per heavy atom. The molecule has 0 fully saturated rings. The number of benzene rings is 1. The summed E-state index contributed by atoms with van der Waals surface area (Å²) in [6, 6.07) is 3.99. The van der Waals surface area contributed by atoms with E-state index in [9.17, 15) is 14.0 Å². The molecule has 0 saturated carbocycles. The van der Waals surface area contributed by atoms with Gasteiger partial charge in [-0.15, -0.1) is 11.3 Å². The summed E-state index contributed by atoms with van der Waals surface area (Å²) in [5.74, 6) is -0.822. The van der Waals surface area contributed by atoms with Crippen LogP contribution >= 0.6 is 22.9 Å². The molecular formula is C19H17ClFN3O2S. The molecule has 0 spiro atoms. The van der Waals surface area contributed by atoms with Crippen molar-refractivity contribution in [2.45, 2.75) is 38.6 Å². The van der Waals surface area contributed by atoms with Crippen LogP contribution in [0.15, 0.2) is 29.3 Å². The molecule has 1 N–H and O–H groups in total. The molecule has 0 aliphatic heterocycles. The number of carbonyl (C=O) groups excluding carboxylic acids is 1. The summed E-state index contributed by atoms with van der Waals surface area (Å²) in [4.78, 5) is 31.5. The lowest BCUT2D eigenvalue weighted by Crippen LogP contribution is -2.24. The van der Waals surface area contributed by atoms with Crippen LogP contribution in [0.1, 0.15) is 29.7 Å². The van der Waals surface area contributed by atoms with Crippen molar-refractivity contribution in [3.8, 4) is 0 Å². The summed E-state index contributed by atoms with van der Waals surface area (Å²) in [5.41, 5.74) is 1.47. The summed E-state index contributed by atoms with van der Waals surface area (Å²) in [6.45, 7) is 0.229. The van der Waals surface area contributed by atoms with Gasteiger partial charge in [0.25, 0.3) is 5.56 Å². The number of anilines is 1. The average molecular weight is 406 g/mol. The van der Waals surface area contributed by atoms with E-state index in [1.807, 2.05) is 0 Å². The number of carbonyl (C=O) groups is 1. The van der Waals surface area contributed by atoms with E-state index in [0.717, 1.165) is 36.1 Å². The maximum absolute atomic E-state index is 13.2. The van der Waals surface area contributed by atoms with Gasteiger partial charge in [-0.25, -0.2) is 9.37 Å². The number of rotatable bonds is 4. The first-order valence-electron chi connectivity index (χ1n) is 8.77. The van der Waals surface area contributed by atoms with E-state index in [2.05, 4.69) is 10.3 Å². The molecular weight excluding hydrogens is 389 g/mol. The quantitative estimate of drug-likeness (QED) is 0.708. The van der Waals surface area contributed by atoms with Crippen molar-refractivity contribution in [3.05, 3.63) is 56.2 Å². The summed E-state index contributed by atoms with van der Waals surface area (Å²) in [5, 5.41) is 3.31. The van der Waals surface area contributed by atoms with Crippen molar-refractivity contribution in [1.82, 2.24) is 9.55 Å². The van der Waals surface area contributed by atoms with Crippen molar-refractivity contribution < 1.29 is 9.18 Å². The second kappa shape index (κ2) is 7.40. The minimum atomic E-state index is -0.542. The number of aromatic nitrogens is 2. The number of hydrogen-bond donors (Lipinski definition) is 1. The third-order valence-electron chi connectivity index (χ3n) is 4.72. The van der Waals surface area contributed by atoms with Gasteiger partial charge in [0.2, 0.25) is 5.91 Å². The summed E-state index contributed by atoms with van der Waals surface area (Å²) in [7, 11) is 0. The molecule has 0 radical (unpaired) electrons. The number of amides is 1. The minimum absolute atomic E-state index is 0.0547. The first kappa shape index (κ1) is 18.1. The van der Waals surface area contributed by atoms with Crippen LogP contribution < -0.4 is 10.9 Å². The standard InChI is InChI=1S/C19H17ClFN3O2S/c20-13-9-11(5-6-14(13)21)23-16(25)7-8-24-10-22-18-17(19(24)26)12-3-1-2-4-15(12)27-18/h5-6,9-10H,1-4,7-8H2,(H,23,25). The molecule has 1 aliphatic rings. The van der Waals surface area contributed by atoms with Crippen LogP contribution in [0.25, 0.3) is 10.2 Å². The van der Waals surface area contributed by atoms with Crippen LogP contribution in [-0.4, -0.2) is 15.5 Å². The first-order chi connectivity index (χ1) is 13.0. The van der Waals surface area contributed by atoms with E-state index in [-0.39, 0.29) is 29.5 Å². The van der Waals surface area contributed by atoms with E-state index < -0.39 is 5.82 Å². The van der Waals surface area contributed by atoms with Gasteiger partial charge >= 0.3 is 0 Å². The topological polar surface area (TPSA) is 64.0 Å². The molecule has 3 aromatic rings. The van der Waals surface area contributed by atoms with Crippen molar-refractivity contribution >= 4 is 44.7 Å². The van der Waals surface area contributed by atoms with Gasteiger partial charge in [0.15, 0.2) is 0 Å². The Balaban J connectivity index is 1.50. The van der Waals surface area contributed by atoms with Crippen molar-refractivity contribution in [3.63, 3.8) is 0 Å². The molecule has 27 heavy (non-hydrogen) atoms. The van der Waals surface area contributed by atoms with Gasteiger partial charge in [0.1, 0.15) is 10.6 Å². The van der Waals surface area contributed by atoms with E-state index in [0.29, 0.717) is 11.1 Å². The highest BCUT2D eigenvalue weighted by atomic mass is 35.5. The van der Waals surface area contributed by atoms with Crippen LogP contribution in [0.2, 0.25) is 5.02 Å². The number of halogens is 2. The largest absolute Gasteiger partial charge is 0.326 e. The second-order valence-corrected chi connectivity index (χ2v) is 8.05. The van der Waals surface area contributed by atoms with E-state index in [4.69, 9.17) is 11.6 Å². The molecule has 8 heteroatoms. The Bertz CT molecular complexity index is 1090. The second-order valence-electron chi connectivity index (χ2n) is 6.56. The highest BCUT2D eigenvalue weighted by Crippen LogP contribution is 2.33. The Labute approximate surface area is 163 Å². The predicted octanol–water partition coefficient (Wildman–Crippen LogP) is 4.16. The minimum Gasteiger partial charge on any atom is -0.326 e. The van der Waals surface area contributed by atoms with E-state index in [1.165, 1.54) is 34.0 Å². The highest BCUT2D eigenvalue weighted by molar-refractivity contribution is 7.18. The average Bonchev–Trinajstić information content (AvgIpc) is 3.03. The van der Waals surface area contributed by atoms with Gasteiger partial charge in [-0.1, -0.05) is 11.6 Å². The summed E-state index contributed by atoms with van der Waals surface area (Å²) in [6.07, 6.45) is 5.79. The number of nitrogens with zero attached hydrogens (tertiary/aromatic N) is 2. The van der Waals surface area contributed by atoms with Gasteiger partial charge in [-0.05, 0) is 49.4 Å². The normalized spacial score (nSPS) is 13.6. The van der Waals surface area contributed by atoms with Gasteiger partial charge in [0.05, 0.1) is 16.7 Å². The molecule has 1 aliphatic carbocycles. The molecule has 4 rings (SSSR count). The highest BCUT2D eigenvalue weighted by Gasteiger charge is 2.20. The van der Waals surface area contributed by atoms with Crippen LogP contribution in [0.3, 0.4) is 0 Å². The Kier molecular flexibility index (Phi) is 4.97. The molecule has 0 unspecified atom stereocenters. The third-order valence-corrected chi connectivity index (χ3v) is 6.21. The number of aryl methyl sites for hydroxylation is 3. The lowest BCUT2D eigenvalue weighted by Gasteiger charge is -2.10. The fourth-order valence-corrected chi connectivity index (χ4v) is 4.76. The zero-order chi connectivity index (χ0) is 19.0. The maximum Gasteiger partial charge on any atom is 0.262 e. The molecule has 2 heterocycles. The van der Waals surface area contributed by atoms with Crippen LogP contribution in [-0.2, 0) is 24.2 Å². The number of nitrogens with one attached hydrogen (secondary N) is 1. The molecule has 1 aromatic carbocycles. The number of fused-ring (bicyclic) bond motifs is 3. The van der Waals surface area contributed by atoms with Crippen LogP contribution in [0.5, 0.6) is 0 Å². The van der Waals surface area contributed by atoms with Crippen LogP contribution in [0.4, 0.5) is 10.1 Å². The van der Waals surface area contributed by atoms with Gasteiger partial charge in [0, 0.05) is 23.5 Å². The molecule has 5 nitrogen and oxygen atoms in total. The van der Waals surface area contributed by atoms with Crippen molar-refractivity contribution in [2.75, 3.05) is 5.32 Å². The van der Waals surface area contributed by atoms with Crippen molar-refractivity contribution in [1.29, 1.82) is 0 Å². The van der Waals surface area contributed by atoms with Gasteiger partial charge in [-0.3, -0.25) is 14.2 Å². The number of hydrogen-bond acceptors (Lipinski definition) is 4. The van der Waals surface area contributed by atoms with Crippen molar-refractivity contribution in [2.24, 2.45) is 0 Å². The third kappa shape index (κ3) is 3.61. The Hall–Kier alpha value is -2.25. The Morgan fingerprint density at radius 1 is 1.33 bits per heavy atom. The fourth-order valence-electron chi connectivity index (χ4n) is 3.36. The van der Waals surface area contributed by atoms with Gasteiger partial charge < -0.3 is 5.32 Å². The van der Waals surface area contributed by atoms with E-state index in [1.54, 1.807) is 11.3 Å². The predicted molar refractivity (Wildman–Crippen MR) is 105 cm³/mol. The first-order valence-corrected chi connectivity index (χ1v) is 9.97. The fraction of sp³-hybridized carbons (Fsp3) is 0.316. The number of thiophene rings is 1. The zero-order valence-corrected chi connectivity index (χ0v) is 16.0. The summed E-state index contributed by atoms with van der Waals surface area (Å²) < 4.78 is 14.7. The zero-order valence-electron chi connectivity index (χ0n) is 14.4. The lowest BCUT2D eigenvalue weighted by atomic mass is 9.97. The van der Waals surface area contributed by atoms with E-state index >= 15 is 0 Å². The molecule has 2 aromatic heterocycles. The smallest absolute Gasteiger partial charge is 0.262 e. The molecule has 1 amide bonds. The molecule has 140 valence electrons. The van der Waals surface area contributed by atoms with Gasteiger partial charge in [-0.2, -0.15) is 0 Å². The lowest BCUT2D eigenvalue weighted by molar-refractivity contribution is -0.116. The van der Waals surface area contributed by atoms with Crippen LogP contribution in [0, 0.1) is 5.82 Å². The molecule has 0 saturated heterocycles. The Morgan fingerprint density at radius 2 is 2.15 bits per heavy atom. The molecule has 0 atom stereocenters. The molecule has 0 bridgehead atoms. The summed E-state index contributed by atoms with van der Waals surface area (Å²) >= 11 is 7.32.